The average molecular weight is 269 g/mol. The van der Waals surface area contributed by atoms with Gasteiger partial charge in [-0.2, -0.15) is 0 Å². The Morgan fingerprint density at radius 2 is 2.12 bits per heavy atom. The van der Waals surface area contributed by atoms with Gasteiger partial charge >= 0.3 is 0 Å². The van der Waals surface area contributed by atoms with Crippen molar-refractivity contribution in [2.45, 2.75) is 13.0 Å². The molecular formula is C13H13ClO2S. The van der Waals surface area contributed by atoms with Crippen molar-refractivity contribution in [1.82, 2.24) is 0 Å². The molecule has 0 spiro atoms. The Morgan fingerprint density at radius 3 is 2.71 bits per heavy atom. The van der Waals surface area contributed by atoms with Crippen LogP contribution in [0.3, 0.4) is 0 Å². The lowest BCUT2D eigenvalue weighted by atomic mass is 10.1. The maximum absolute atomic E-state index is 10.2. The van der Waals surface area contributed by atoms with Crippen LogP contribution in [0.4, 0.5) is 0 Å². The summed E-state index contributed by atoms with van der Waals surface area (Å²) < 4.78 is 5.86. The van der Waals surface area contributed by atoms with E-state index in [1.54, 1.807) is 7.11 Å². The molecule has 1 aromatic heterocycles. The number of halogens is 1. The van der Waals surface area contributed by atoms with E-state index in [9.17, 15) is 5.11 Å². The maximum atomic E-state index is 10.2. The Bertz CT molecular complexity index is 502. The summed E-state index contributed by atoms with van der Waals surface area (Å²) in [5.74, 6) is 0.737. The van der Waals surface area contributed by atoms with E-state index in [-0.39, 0.29) is 0 Å². The molecule has 0 fully saturated rings. The van der Waals surface area contributed by atoms with Gasteiger partial charge in [-0.3, -0.25) is 0 Å². The molecule has 0 amide bonds. The molecule has 1 unspecified atom stereocenters. The van der Waals surface area contributed by atoms with Crippen LogP contribution in [0.5, 0.6) is 5.75 Å². The summed E-state index contributed by atoms with van der Waals surface area (Å²) in [6.45, 7) is 1.93. The first-order chi connectivity index (χ1) is 8.11. The number of benzene rings is 1. The molecule has 1 atom stereocenters. The number of aliphatic hydroxyl groups is 1. The van der Waals surface area contributed by atoms with Gasteiger partial charge in [0.1, 0.15) is 11.9 Å². The number of aryl methyl sites for hydroxylation is 1. The van der Waals surface area contributed by atoms with Crippen LogP contribution in [-0.2, 0) is 0 Å². The molecule has 0 saturated carbocycles. The lowest BCUT2D eigenvalue weighted by Gasteiger charge is -2.10. The molecule has 2 nitrogen and oxygen atoms in total. The second-order valence-corrected chi connectivity index (χ2v) is 5.47. The van der Waals surface area contributed by atoms with Crippen molar-refractivity contribution >= 4 is 22.9 Å². The fourth-order valence-corrected chi connectivity index (χ4v) is 2.83. The molecule has 17 heavy (non-hydrogen) atoms. The van der Waals surface area contributed by atoms with Gasteiger partial charge in [-0.05, 0) is 36.2 Å². The van der Waals surface area contributed by atoms with E-state index in [0.717, 1.165) is 26.1 Å². The van der Waals surface area contributed by atoms with E-state index in [0.29, 0.717) is 0 Å². The molecule has 0 aliphatic rings. The molecule has 2 aromatic rings. The first-order valence-corrected chi connectivity index (χ1v) is 6.39. The number of hydrogen-bond donors (Lipinski definition) is 1. The summed E-state index contributed by atoms with van der Waals surface area (Å²) in [5.41, 5.74) is 1.80. The molecule has 0 saturated heterocycles. The van der Waals surface area contributed by atoms with Crippen LogP contribution < -0.4 is 4.74 Å². The van der Waals surface area contributed by atoms with Crippen LogP contribution in [0.15, 0.2) is 30.3 Å². The molecule has 0 bridgehead atoms. The Morgan fingerprint density at radius 1 is 1.35 bits per heavy atom. The van der Waals surface area contributed by atoms with Crippen LogP contribution in [0, 0.1) is 6.92 Å². The minimum Gasteiger partial charge on any atom is -0.497 e. The third kappa shape index (κ3) is 2.63. The van der Waals surface area contributed by atoms with E-state index >= 15 is 0 Å². The quantitative estimate of drug-likeness (QED) is 0.917. The van der Waals surface area contributed by atoms with Crippen molar-refractivity contribution in [3.63, 3.8) is 0 Å². The predicted octanol–water partition coefficient (Wildman–Crippen LogP) is 3.80. The number of aliphatic hydroxyl groups excluding tert-OH is 1. The molecule has 1 N–H and O–H groups in total. The largest absolute Gasteiger partial charge is 0.497 e. The third-order valence-corrected chi connectivity index (χ3v) is 4.16. The normalized spacial score (nSPS) is 12.5. The highest BCUT2D eigenvalue weighted by Gasteiger charge is 2.15. The lowest BCUT2D eigenvalue weighted by Crippen LogP contribution is -1.97. The van der Waals surface area contributed by atoms with E-state index < -0.39 is 6.10 Å². The van der Waals surface area contributed by atoms with Crippen LogP contribution in [0.25, 0.3) is 0 Å². The fraction of sp³-hybridized carbons (Fsp3) is 0.231. The van der Waals surface area contributed by atoms with Gasteiger partial charge in [-0.15, -0.1) is 11.3 Å². The van der Waals surface area contributed by atoms with Crippen molar-refractivity contribution in [3.8, 4) is 5.75 Å². The molecule has 4 heteroatoms. The SMILES string of the molecule is COc1cccc(C(O)c2cc(C)c(Cl)s2)c1. The van der Waals surface area contributed by atoms with Gasteiger partial charge in [0.05, 0.1) is 11.4 Å². The lowest BCUT2D eigenvalue weighted by molar-refractivity contribution is 0.223. The molecule has 0 radical (unpaired) electrons. The molecule has 2 rings (SSSR count). The number of thiophene rings is 1. The summed E-state index contributed by atoms with van der Waals surface area (Å²) in [6, 6.07) is 9.32. The Hall–Kier alpha value is -1.03. The summed E-state index contributed by atoms with van der Waals surface area (Å²) in [5, 5.41) is 10.2. The maximum Gasteiger partial charge on any atom is 0.119 e. The topological polar surface area (TPSA) is 29.5 Å². The van der Waals surface area contributed by atoms with Crippen LogP contribution in [-0.4, -0.2) is 12.2 Å². The van der Waals surface area contributed by atoms with Crippen molar-refractivity contribution < 1.29 is 9.84 Å². The van der Waals surface area contributed by atoms with E-state index in [2.05, 4.69) is 0 Å². The van der Waals surface area contributed by atoms with Gasteiger partial charge in [0.25, 0.3) is 0 Å². The third-order valence-electron chi connectivity index (χ3n) is 2.56. The summed E-state index contributed by atoms with van der Waals surface area (Å²) in [4.78, 5) is 0.848. The van der Waals surface area contributed by atoms with Gasteiger partial charge in [-0.25, -0.2) is 0 Å². The number of rotatable bonds is 3. The Balaban J connectivity index is 2.32. The zero-order valence-electron chi connectivity index (χ0n) is 9.61. The Labute approximate surface area is 109 Å². The van der Waals surface area contributed by atoms with Gasteiger partial charge in [0, 0.05) is 4.88 Å². The monoisotopic (exact) mass is 268 g/mol. The number of ether oxygens (including phenoxy) is 1. The highest BCUT2D eigenvalue weighted by atomic mass is 35.5. The standard InChI is InChI=1S/C13H13ClO2S/c1-8-6-11(17-13(8)14)12(15)9-4-3-5-10(7-9)16-2/h3-7,12,15H,1-2H3. The zero-order valence-corrected chi connectivity index (χ0v) is 11.2. The van der Waals surface area contributed by atoms with Gasteiger partial charge in [-0.1, -0.05) is 23.7 Å². The summed E-state index contributed by atoms with van der Waals surface area (Å²) in [7, 11) is 1.61. The second kappa shape index (κ2) is 5.08. The fourth-order valence-electron chi connectivity index (χ4n) is 1.59. The van der Waals surface area contributed by atoms with Gasteiger partial charge in [0.15, 0.2) is 0 Å². The average Bonchev–Trinajstić information content (AvgIpc) is 2.69. The first kappa shape index (κ1) is 12.4. The molecule has 0 aliphatic carbocycles. The predicted molar refractivity (Wildman–Crippen MR) is 71.1 cm³/mol. The minimum atomic E-state index is -0.652. The van der Waals surface area contributed by atoms with Crippen molar-refractivity contribution in [3.05, 3.63) is 50.7 Å². The van der Waals surface area contributed by atoms with Gasteiger partial charge in [0.2, 0.25) is 0 Å². The smallest absolute Gasteiger partial charge is 0.119 e. The van der Waals surface area contributed by atoms with Crippen LogP contribution in [0.1, 0.15) is 22.1 Å². The molecule has 90 valence electrons. The van der Waals surface area contributed by atoms with Crippen LogP contribution >= 0.6 is 22.9 Å². The van der Waals surface area contributed by atoms with Gasteiger partial charge < -0.3 is 9.84 Å². The molecule has 1 heterocycles. The Kier molecular flexibility index (Phi) is 3.72. The highest BCUT2D eigenvalue weighted by Crippen LogP contribution is 2.34. The minimum absolute atomic E-state index is 0.652. The summed E-state index contributed by atoms with van der Waals surface area (Å²) >= 11 is 7.41. The zero-order chi connectivity index (χ0) is 12.4. The van der Waals surface area contributed by atoms with E-state index in [1.165, 1.54) is 11.3 Å². The van der Waals surface area contributed by atoms with Crippen molar-refractivity contribution in [2.24, 2.45) is 0 Å². The first-order valence-electron chi connectivity index (χ1n) is 5.19. The van der Waals surface area contributed by atoms with Crippen molar-refractivity contribution in [1.29, 1.82) is 0 Å². The molecular weight excluding hydrogens is 256 g/mol. The summed E-state index contributed by atoms with van der Waals surface area (Å²) in [6.07, 6.45) is -0.652. The molecule has 0 aliphatic heterocycles. The number of hydrogen-bond acceptors (Lipinski definition) is 3. The molecule has 1 aromatic carbocycles. The number of methoxy groups -OCH3 is 1. The van der Waals surface area contributed by atoms with E-state index in [1.807, 2.05) is 37.3 Å². The highest BCUT2D eigenvalue weighted by molar-refractivity contribution is 7.16. The second-order valence-electron chi connectivity index (χ2n) is 3.78. The van der Waals surface area contributed by atoms with E-state index in [4.69, 9.17) is 16.3 Å². The van der Waals surface area contributed by atoms with Crippen molar-refractivity contribution in [2.75, 3.05) is 7.11 Å². The van der Waals surface area contributed by atoms with Crippen LogP contribution in [0.2, 0.25) is 4.34 Å².